The first-order valence-corrected chi connectivity index (χ1v) is 6.34. The van der Waals surface area contributed by atoms with Crippen molar-refractivity contribution in [2.45, 2.75) is 39.5 Å². The highest BCUT2D eigenvalue weighted by Gasteiger charge is 2.51. The quantitative estimate of drug-likeness (QED) is 0.633. The Hall–Kier alpha value is 0.480. The maximum atomic E-state index is 3.58. The van der Waals surface area contributed by atoms with E-state index in [2.05, 4.69) is 29.8 Å². The van der Waals surface area contributed by atoms with Gasteiger partial charge in [-0.3, -0.25) is 0 Å². The highest BCUT2D eigenvalue weighted by Crippen LogP contribution is 2.60. The lowest BCUT2D eigenvalue weighted by atomic mass is 9.68. The van der Waals surface area contributed by atoms with E-state index >= 15 is 0 Å². The fourth-order valence-electron chi connectivity index (χ4n) is 3.69. The van der Waals surface area contributed by atoms with Crippen LogP contribution in [-0.2, 0) is 0 Å². The van der Waals surface area contributed by atoms with Crippen LogP contribution in [0.25, 0.3) is 0 Å². The van der Waals surface area contributed by atoms with E-state index in [-0.39, 0.29) is 0 Å². The van der Waals surface area contributed by atoms with Gasteiger partial charge in [-0.25, -0.2) is 0 Å². The van der Waals surface area contributed by atoms with Crippen molar-refractivity contribution in [1.82, 2.24) is 0 Å². The lowest BCUT2D eigenvalue weighted by Gasteiger charge is -2.38. The molecule has 2 aliphatic carbocycles. The Balaban J connectivity index is 2.12. The first kappa shape index (κ1) is 9.05. The molecule has 3 unspecified atom stereocenters. The van der Waals surface area contributed by atoms with E-state index in [1.165, 1.54) is 31.0 Å². The summed E-state index contributed by atoms with van der Waals surface area (Å²) >= 11 is 3.58. The lowest BCUT2D eigenvalue weighted by Crippen LogP contribution is -2.30. The highest BCUT2D eigenvalue weighted by atomic mass is 79.9. The minimum absolute atomic E-state index is 0.649. The fourth-order valence-corrected chi connectivity index (χ4v) is 4.19. The van der Waals surface area contributed by atoms with Gasteiger partial charge in [-0.1, -0.05) is 29.8 Å². The molecule has 0 radical (unpaired) electrons. The van der Waals surface area contributed by atoms with E-state index in [0.717, 1.165) is 17.8 Å². The van der Waals surface area contributed by atoms with Crippen LogP contribution < -0.4 is 0 Å². The second-order valence-electron chi connectivity index (χ2n) is 5.18. The van der Waals surface area contributed by atoms with Gasteiger partial charge in [0.15, 0.2) is 0 Å². The zero-order valence-electron chi connectivity index (χ0n) is 8.15. The van der Waals surface area contributed by atoms with Crippen LogP contribution in [0, 0.1) is 23.2 Å². The molecular weight excluding hydrogens is 212 g/mol. The average molecular weight is 231 g/mol. The lowest BCUT2D eigenvalue weighted by molar-refractivity contribution is 0.120. The number of alkyl halides is 1. The summed E-state index contributed by atoms with van der Waals surface area (Å²) in [7, 11) is 0. The van der Waals surface area contributed by atoms with Gasteiger partial charge < -0.3 is 0 Å². The molecule has 0 aliphatic heterocycles. The molecule has 0 aromatic heterocycles. The molecule has 0 amide bonds. The number of halogens is 1. The molecule has 0 saturated heterocycles. The minimum Gasteiger partial charge on any atom is -0.0928 e. The zero-order chi connectivity index (χ0) is 8.77. The first-order valence-electron chi connectivity index (χ1n) is 5.22. The molecule has 2 aliphatic rings. The fraction of sp³-hybridized carbons (Fsp3) is 1.00. The van der Waals surface area contributed by atoms with Gasteiger partial charge in [0.05, 0.1) is 0 Å². The molecule has 0 heterocycles. The molecule has 1 heteroatoms. The zero-order valence-corrected chi connectivity index (χ0v) is 9.73. The van der Waals surface area contributed by atoms with Gasteiger partial charge in [0, 0.05) is 5.33 Å². The molecule has 0 aromatic carbocycles. The van der Waals surface area contributed by atoms with Gasteiger partial charge in [-0.15, -0.1) is 0 Å². The topological polar surface area (TPSA) is 0 Å². The standard InChI is InChI=1S/C11H19Br/c1-11(2)9-4-3-8(7-9)10(11)5-6-12/h8-10H,3-7H2,1-2H3. The van der Waals surface area contributed by atoms with Crippen molar-refractivity contribution < 1.29 is 0 Å². The summed E-state index contributed by atoms with van der Waals surface area (Å²) in [6.45, 7) is 4.98. The predicted molar refractivity (Wildman–Crippen MR) is 56.5 cm³/mol. The molecule has 12 heavy (non-hydrogen) atoms. The molecule has 0 nitrogen and oxygen atoms in total. The Labute approximate surface area is 84.2 Å². The number of hydrogen-bond donors (Lipinski definition) is 0. The minimum atomic E-state index is 0.649. The van der Waals surface area contributed by atoms with Crippen LogP contribution in [-0.4, -0.2) is 5.33 Å². The maximum Gasteiger partial charge on any atom is 0.00342 e. The molecule has 2 fully saturated rings. The maximum absolute atomic E-state index is 3.58. The highest BCUT2D eigenvalue weighted by molar-refractivity contribution is 9.09. The van der Waals surface area contributed by atoms with Gasteiger partial charge in [0.1, 0.15) is 0 Å². The van der Waals surface area contributed by atoms with E-state index in [1.54, 1.807) is 0 Å². The van der Waals surface area contributed by atoms with E-state index < -0.39 is 0 Å². The SMILES string of the molecule is CC1(C)C2CCC(C2)C1CCBr. The Morgan fingerprint density at radius 1 is 1.33 bits per heavy atom. The van der Waals surface area contributed by atoms with Crippen molar-refractivity contribution >= 4 is 15.9 Å². The van der Waals surface area contributed by atoms with Crippen LogP contribution in [0.5, 0.6) is 0 Å². The van der Waals surface area contributed by atoms with Crippen molar-refractivity contribution in [2.24, 2.45) is 23.2 Å². The molecule has 70 valence electrons. The molecule has 2 rings (SSSR count). The Morgan fingerprint density at radius 2 is 2.08 bits per heavy atom. The van der Waals surface area contributed by atoms with Gasteiger partial charge in [-0.2, -0.15) is 0 Å². The van der Waals surface area contributed by atoms with E-state index in [1.807, 2.05) is 0 Å². The molecular formula is C11H19Br. The Kier molecular flexibility index (Phi) is 2.27. The van der Waals surface area contributed by atoms with Crippen LogP contribution in [0.3, 0.4) is 0 Å². The summed E-state index contributed by atoms with van der Waals surface area (Å²) < 4.78 is 0. The van der Waals surface area contributed by atoms with Crippen molar-refractivity contribution in [3.63, 3.8) is 0 Å². The molecule has 2 bridgehead atoms. The van der Waals surface area contributed by atoms with Gasteiger partial charge in [0.2, 0.25) is 0 Å². The largest absolute Gasteiger partial charge is 0.0928 e. The van der Waals surface area contributed by atoms with Crippen LogP contribution in [0.1, 0.15) is 39.5 Å². The molecule has 0 N–H and O–H groups in total. The van der Waals surface area contributed by atoms with Crippen LogP contribution in [0.15, 0.2) is 0 Å². The summed E-state index contributed by atoms with van der Waals surface area (Å²) in [6.07, 6.45) is 5.96. The van der Waals surface area contributed by atoms with Crippen molar-refractivity contribution in [2.75, 3.05) is 5.33 Å². The third-order valence-electron chi connectivity index (χ3n) is 4.47. The number of rotatable bonds is 2. The summed E-state index contributed by atoms with van der Waals surface area (Å²) in [4.78, 5) is 0. The third kappa shape index (κ3) is 1.16. The first-order chi connectivity index (χ1) is 5.66. The second-order valence-corrected chi connectivity index (χ2v) is 5.97. The van der Waals surface area contributed by atoms with Gasteiger partial charge >= 0.3 is 0 Å². The Morgan fingerprint density at radius 3 is 2.58 bits per heavy atom. The molecule has 2 saturated carbocycles. The van der Waals surface area contributed by atoms with E-state index in [9.17, 15) is 0 Å². The summed E-state index contributed by atoms with van der Waals surface area (Å²) in [5.41, 5.74) is 0.649. The van der Waals surface area contributed by atoms with Crippen LogP contribution >= 0.6 is 15.9 Å². The van der Waals surface area contributed by atoms with Crippen molar-refractivity contribution in [3.05, 3.63) is 0 Å². The second kappa shape index (κ2) is 3.01. The van der Waals surface area contributed by atoms with Crippen LogP contribution in [0.4, 0.5) is 0 Å². The normalized spacial score (nSPS) is 43.8. The smallest absolute Gasteiger partial charge is 0.00342 e. The van der Waals surface area contributed by atoms with E-state index in [4.69, 9.17) is 0 Å². The average Bonchev–Trinajstić information content (AvgIpc) is 2.53. The van der Waals surface area contributed by atoms with Crippen LogP contribution in [0.2, 0.25) is 0 Å². The monoisotopic (exact) mass is 230 g/mol. The van der Waals surface area contributed by atoms with E-state index in [0.29, 0.717) is 5.41 Å². The summed E-state index contributed by atoms with van der Waals surface area (Å²) in [5, 5.41) is 1.20. The third-order valence-corrected chi connectivity index (χ3v) is 4.93. The molecule has 0 aromatic rings. The Bertz CT molecular complexity index is 174. The van der Waals surface area contributed by atoms with Crippen molar-refractivity contribution in [3.8, 4) is 0 Å². The molecule has 0 spiro atoms. The summed E-state index contributed by atoms with van der Waals surface area (Å²) in [5.74, 6) is 3.13. The molecule has 3 atom stereocenters. The summed E-state index contributed by atoms with van der Waals surface area (Å²) in [6, 6.07) is 0. The predicted octanol–water partition coefficient (Wildman–Crippen LogP) is 3.84. The van der Waals surface area contributed by atoms with Crippen molar-refractivity contribution in [1.29, 1.82) is 0 Å². The van der Waals surface area contributed by atoms with Gasteiger partial charge in [0.25, 0.3) is 0 Å². The number of fused-ring (bicyclic) bond motifs is 2. The van der Waals surface area contributed by atoms with Gasteiger partial charge in [-0.05, 0) is 48.9 Å². The number of hydrogen-bond acceptors (Lipinski definition) is 0.